The van der Waals surface area contributed by atoms with Gasteiger partial charge in [0.2, 0.25) is 5.91 Å². The summed E-state index contributed by atoms with van der Waals surface area (Å²) < 4.78 is 0. The van der Waals surface area contributed by atoms with Crippen molar-refractivity contribution in [3.63, 3.8) is 0 Å². The van der Waals surface area contributed by atoms with E-state index in [-0.39, 0.29) is 5.91 Å². The highest BCUT2D eigenvalue weighted by Gasteiger charge is 2.17. The van der Waals surface area contributed by atoms with Crippen molar-refractivity contribution in [2.75, 3.05) is 5.32 Å². The molecule has 0 aliphatic heterocycles. The predicted octanol–water partition coefficient (Wildman–Crippen LogP) is 3.45. The number of hydrogen-bond acceptors (Lipinski definition) is 2. The Kier molecular flexibility index (Phi) is 5.12. The summed E-state index contributed by atoms with van der Waals surface area (Å²) in [6.45, 7) is 4.17. The first-order valence-electron chi connectivity index (χ1n) is 7.39. The maximum absolute atomic E-state index is 12.4. The largest absolute Gasteiger partial charge is 0.324 e. The van der Waals surface area contributed by atoms with Crippen LogP contribution in [0.25, 0.3) is 0 Å². The lowest BCUT2D eigenvalue weighted by Gasteiger charge is -2.17. The van der Waals surface area contributed by atoms with Crippen molar-refractivity contribution in [2.24, 2.45) is 5.73 Å². The van der Waals surface area contributed by atoms with Crippen molar-refractivity contribution in [2.45, 2.75) is 32.7 Å². The Morgan fingerprint density at radius 1 is 1.00 bits per heavy atom. The summed E-state index contributed by atoms with van der Waals surface area (Å²) >= 11 is 0. The molecular formula is C18H22N2O. The molecule has 0 saturated carbocycles. The van der Waals surface area contributed by atoms with Gasteiger partial charge < -0.3 is 11.1 Å². The third kappa shape index (κ3) is 3.50. The number of rotatable bonds is 5. The first-order chi connectivity index (χ1) is 10.2. The van der Waals surface area contributed by atoms with Crippen LogP contribution >= 0.6 is 0 Å². The molecule has 0 unspecified atom stereocenters. The van der Waals surface area contributed by atoms with Gasteiger partial charge in [0, 0.05) is 5.69 Å². The fourth-order valence-corrected chi connectivity index (χ4v) is 2.42. The van der Waals surface area contributed by atoms with Crippen LogP contribution in [-0.2, 0) is 17.6 Å². The zero-order valence-corrected chi connectivity index (χ0v) is 12.6. The molecule has 0 radical (unpaired) electrons. The maximum atomic E-state index is 12.4. The Bertz CT molecular complexity index is 586. The van der Waals surface area contributed by atoms with Crippen LogP contribution in [0.3, 0.4) is 0 Å². The van der Waals surface area contributed by atoms with Crippen molar-refractivity contribution in [3.05, 3.63) is 65.2 Å². The van der Waals surface area contributed by atoms with Crippen LogP contribution in [0.15, 0.2) is 48.5 Å². The first kappa shape index (κ1) is 15.3. The second-order valence-electron chi connectivity index (χ2n) is 5.04. The van der Waals surface area contributed by atoms with E-state index in [9.17, 15) is 4.79 Å². The number of benzene rings is 2. The van der Waals surface area contributed by atoms with Gasteiger partial charge in [-0.15, -0.1) is 0 Å². The predicted molar refractivity (Wildman–Crippen MR) is 87.2 cm³/mol. The Hall–Kier alpha value is -2.13. The van der Waals surface area contributed by atoms with Gasteiger partial charge in [0.05, 0.1) is 0 Å². The van der Waals surface area contributed by atoms with Gasteiger partial charge in [-0.25, -0.2) is 0 Å². The van der Waals surface area contributed by atoms with Crippen molar-refractivity contribution in [3.8, 4) is 0 Å². The van der Waals surface area contributed by atoms with Crippen molar-refractivity contribution in [1.29, 1.82) is 0 Å². The minimum Gasteiger partial charge on any atom is -0.324 e. The summed E-state index contributed by atoms with van der Waals surface area (Å²) in [4.78, 5) is 12.4. The molecular weight excluding hydrogens is 260 g/mol. The van der Waals surface area contributed by atoms with Gasteiger partial charge in [0.25, 0.3) is 0 Å². The second-order valence-corrected chi connectivity index (χ2v) is 5.04. The number of carbonyl (C=O) groups excluding carboxylic acids is 1. The summed E-state index contributed by atoms with van der Waals surface area (Å²) in [6.07, 6.45) is 1.76. The van der Waals surface area contributed by atoms with Gasteiger partial charge in [-0.05, 0) is 29.5 Å². The van der Waals surface area contributed by atoms with E-state index in [1.165, 1.54) is 0 Å². The van der Waals surface area contributed by atoms with Gasteiger partial charge in [0.1, 0.15) is 6.04 Å². The number of carbonyl (C=O) groups is 1. The third-order valence-electron chi connectivity index (χ3n) is 3.69. The molecule has 2 rings (SSSR count). The first-order valence-corrected chi connectivity index (χ1v) is 7.39. The van der Waals surface area contributed by atoms with Crippen LogP contribution in [0, 0.1) is 0 Å². The highest BCUT2D eigenvalue weighted by atomic mass is 16.2. The summed E-state index contributed by atoms with van der Waals surface area (Å²) in [5.74, 6) is -0.170. The Morgan fingerprint density at radius 2 is 1.57 bits per heavy atom. The average molecular weight is 282 g/mol. The van der Waals surface area contributed by atoms with E-state index >= 15 is 0 Å². The monoisotopic (exact) mass is 282 g/mol. The quantitative estimate of drug-likeness (QED) is 0.882. The molecule has 2 aromatic carbocycles. The summed E-state index contributed by atoms with van der Waals surface area (Å²) in [6, 6.07) is 14.9. The van der Waals surface area contributed by atoms with Crippen LogP contribution in [0.5, 0.6) is 0 Å². The lowest BCUT2D eigenvalue weighted by molar-refractivity contribution is -0.117. The van der Waals surface area contributed by atoms with Crippen molar-refractivity contribution < 1.29 is 4.79 Å². The van der Waals surface area contributed by atoms with Crippen LogP contribution in [0.4, 0.5) is 5.69 Å². The van der Waals surface area contributed by atoms with E-state index < -0.39 is 6.04 Å². The summed E-state index contributed by atoms with van der Waals surface area (Å²) in [5.41, 5.74) is 10.1. The molecule has 3 heteroatoms. The average Bonchev–Trinajstić information content (AvgIpc) is 2.55. The molecule has 1 amide bonds. The van der Waals surface area contributed by atoms with E-state index in [0.717, 1.165) is 35.2 Å². The number of nitrogens with two attached hydrogens (primary N) is 1. The lowest BCUT2D eigenvalue weighted by Crippen LogP contribution is -2.28. The Labute approximate surface area is 126 Å². The second kappa shape index (κ2) is 7.04. The van der Waals surface area contributed by atoms with Gasteiger partial charge >= 0.3 is 0 Å². The van der Waals surface area contributed by atoms with Crippen molar-refractivity contribution >= 4 is 11.6 Å². The number of hydrogen-bond donors (Lipinski definition) is 2. The SMILES string of the molecule is CCc1cccc(CC)c1NC(=O)[C@@H](N)c1ccccc1. The molecule has 0 bridgehead atoms. The number of para-hydroxylation sites is 1. The lowest BCUT2D eigenvalue weighted by atomic mass is 10.0. The minimum atomic E-state index is -0.652. The van der Waals surface area contributed by atoms with Gasteiger partial charge in [0.15, 0.2) is 0 Å². The number of anilines is 1. The maximum Gasteiger partial charge on any atom is 0.245 e. The standard InChI is InChI=1S/C18H22N2O/c1-3-13-11-8-12-14(4-2)17(13)20-18(21)16(19)15-9-6-5-7-10-15/h5-12,16H,3-4,19H2,1-2H3,(H,20,21)/t16-/m0/s1. The summed E-state index contributed by atoms with van der Waals surface area (Å²) in [5, 5.41) is 3.02. The highest BCUT2D eigenvalue weighted by molar-refractivity contribution is 5.96. The van der Waals surface area contributed by atoms with Crippen molar-refractivity contribution in [1.82, 2.24) is 0 Å². The molecule has 21 heavy (non-hydrogen) atoms. The Morgan fingerprint density at radius 3 is 2.10 bits per heavy atom. The molecule has 0 heterocycles. The topological polar surface area (TPSA) is 55.1 Å². The molecule has 0 spiro atoms. The fourth-order valence-electron chi connectivity index (χ4n) is 2.42. The highest BCUT2D eigenvalue weighted by Crippen LogP contribution is 2.24. The van der Waals surface area contributed by atoms with Crippen LogP contribution in [-0.4, -0.2) is 5.91 Å². The molecule has 0 aliphatic carbocycles. The molecule has 3 N–H and O–H groups in total. The zero-order chi connectivity index (χ0) is 15.2. The molecule has 0 aliphatic rings. The number of amides is 1. The van der Waals surface area contributed by atoms with E-state index in [1.807, 2.05) is 48.5 Å². The van der Waals surface area contributed by atoms with Gasteiger partial charge in [-0.1, -0.05) is 62.4 Å². The Balaban J connectivity index is 2.24. The molecule has 0 saturated heterocycles. The van der Waals surface area contributed by atoms with Crippen LogP contribution < -0.4 is 11.1 Å². The van der Waals surface area contributed by atoms with E-state index in [4.69, 9.17) is 5.73 Å². The summed E-state index contributed by atoms with van der Waals surface area (Å²) in [7, 11) is 0. The molecule has 0 fully saturated rings. The molecule has 1 atom stereocenters. The third-order valence-corrected chi connectivity index (χ3v) is 3.69. The minimum absolute atomic E-state index is 0.170. The van der Waals surface area contributed by atoms with E-state index in [0.29, 0.717) is 0 Å². The molecule has 110 valence electrons. The van der Waals surface area contributed by atoms with Gasteiger partial charge in [-0.3, -0.25) is 4.79 Å². The molecule has 3 nitrogen and oxygen atoms in total. The molecule has 2 aromatic rings. The fraction of sp³-hybridized carbons (Fsp3) is 0.278. The van der Waals surface area contributed by atoms with Gasteiger partial charge in [-0.2, -0.15) is 0 Å². The normalized spacial score (nSPS) is 12.0. The van der Waals surface area contributed by atoms with Crippen LogP contribution in [0.2, 0.25) is 0 Å². The van der Waals surface area contributed by atoms with E-state index in [2.05, 4.69) is 19.2 Å². The van der Waals surface area contributed by atoms with E-state index in [1.54, 1.807) is 0 Å². The van der Waals surface area contributed by atoms with Crippen LogP contribution in [0.1, 0.15) is 36.6 Å². The number of aryl methyl sites for hydroxylation is 2. The smallest absolute Gasteiger partial charge is 0.245 e. The number of nitrogens with one attached hydrogen (secondary N) is 1. The zero-order valence-electron chi connectivity index (χ0n) is 12.6. The molecule has 0 aromatic heterocycles.